The molecule has 0 saturated carbocycles. The largest absolute Gasteiger partial charge is 0.425 e. The van der Waals surface area contributed by atoms with Crippen molar-refractivity contribution in [1.82, 2.24) is 14.7 Å². The third-order valence-corrected chi connectivity index (χ3v) is 6.10. The standard InChI is InChI=1S/C20H25Cl2N3O2/c1-4-24-10-6-5-7-18(24)19-20(27-12-26)13(2)23-25(19)14(3)15-8-9-16(21)17(22)11-15/h8-9,11-12,14,18H,4-7,10H2,1-3H3. The number of hydrogen-bond acceptors (Lipinski definition) is 4. The van der Waals surface area contributed by atoms with Gasteiger partial charge in [0, 0.05) is 0 Å². The van der Waals surface area contributed by atoms with Crippen LogP contribution in [-0.2, 0) is 4.79 Å². The molecule has 27 heavy (non-hydrogen) atoms. The van der Waals surface area contributed by atoms with Crippen LogP contribution in [0.5, 0.6) is 5.75 Å². The Morgan fingerprint density at radius 3 is 2.78 bits per heavy atom. The summed E-state index contributed by atoms with van der Waals surface area (Å²) in [5.74, 6) is 0.572. The minimum atomic E-state index is -0.0712. The number of carbonyl (C=O) groups excluding carboxylic acids is 1. The molecule has 2 heterocycles. The van der Waals surface area contributed by atoms with Gasteiger partial charge in [0.2, 0.25) is 0 Å². The number of rotatable bonds is 6. The predicted molar refractivity (Wildman–Crippen MR) is 108 cm³/mol. The van der Waals surface area contributed by atoms with Gasteiger partial charge in [-0.2, -0.15) is 5.10 Å². The average Bonchev–Trinajstić information content (AvgIpc) is 3.00. The van der Waals surface area contributed by atoms with Gasteiger partial charge in [0.05, 0.1) is 27.8 Å². The second-order valence-electron chi connectivity index (χ2n) is 6.95. The minimum absolute atomic E-state index is 0.0712. The first-order valence-electron chi connectivity index (χ1n) is 9.36. The monoisotopic (exact) mass is 409 g/mol. The number of nitrogens with zero attached hydrogens (tertiary/aromatic N) is 3. The molecule has 2 aromatic rings. The Hall–Kier alpha value is -1.56. The molecule has 5 nitrogen and oxygen atoms in total. The van der Waals surface area contributed by atoms with Gasteiger partial charge in [-0.15, -0.1) is 0 Å². The minimum Gasteiger partial charge on any atom is -0.425 e. The molecule has 1 aliphatic rings. The quantitative estimate of drug-likeness (QED) is 0.615. The molecule has 7 heteroatoms. The van der Waals surface area contributed by atoms with Gasteiger partial charge in [0.15, 0.2) is 5.75 Å². The maximum Gasteiger partial charge on any atom is 0.298 e. The Kier molecular flexibility index (Phi) is 6.45. The first kappa shape index (κ1) is 20.2. The van der Waals surface area contributed by atoms with E-state index in [2.05, 4.69) is 18.7 Å². The van der Waals surface area contributed by atoms with Crippen LogP contribution in [0, 0.1) is 6.92 Å². The van der Waals surface area contributed by atoms with E-state index in [9.17, 15) is 4.79 Å². The zero-order chi connectivity index (χ0) is 19.6. The van der Waals surface area contributed by atoms with Gasteiger partial charge in [-0.3, -0.25) is 14.4 Å². The van der Waals surface area contributed by atoms with Crippen LogP contribution in [0.2, 0.25) is 10.0 Å². The molecule has 1 fully saturated rings. The summed E-state index contributed by atoms with van der Waals surface area (Å²) in [6.07, 6.45) is 3.35. The van der Waals surface area contributed by atoms with Crippen LogP contribution >= 0.6 is 23.2 Å². The molecule has 1 aromatic carbocycles. The molecular formula is C20H25Cl2N3O2. The van der Waals surface area contributed by atoms with Gasteiger partial charge >= 0.3 is 0 Å². The van der Waals surface area contributed by atoms with Crippen molar-refractivity contribution in [2.75, 3.05) is 13.1 Å². The lowest BCUT2D eigenvalue weighted by Crippen LogP contribution is -2.35. The number of halogens is 2. The van der Waals surface area contributed by atoms with Crippen LogP contribution in [0.3, 0.4) is 0 Å². The summed E-state index contributed by atoms with van der Waals surface area (Å²) in [5, 5.41) is 5.78. The van der Waals surface area contributed by atoms with E-state index in [1.165, 1.54) is 6.42 Å². The Morgan fingerprint density at radius 2 is 2.11 bits per heavy atom. The van der Waals surface area contributed by atoms with Gasteiger partial charge in [-0.25, -0.2) is 0 Å². The van der Waals surface area contributed by atoms with Crippen molar-refractivity contribution in [2.45, 2.75) is 52.1 Å². The number of hydrogen-bond donors (Lipinski definition) is 0. The fourth-order valence-corrected chi connectivity index (χ4v) is 4.24. The van der Waals surface area contributed by atoms with Gasteiger partial charge in [0.25, 0.3) is 6.47 Å². The zero-order valence-corrected chi connectivity index (χ0v) is 17.4. The lowest BCUT2D eigenvalue weighted by molar-refractivity contribution is -0.120. The number of aromatic nitrogens is 2. The van der Waals surface area contributed by atoms with Crippen LogP contribution in [0.1, 0.15) is 62.1 Å². The van der Waals surface area contributed by atoms with E-state index in [0.717, 1.165) is 37.2 Å². The third kappa shape index (κ3) is 4.00. The molecule has 0 bridgehead atoms. The fraction of sp³-hybridized carbons (Fsp3) is 0.500. The van der Waals surface area contributed by atoms with Crippen molar-refractivity contribution < 1.29 is 9.53 Å². The van der Waals surface area contributed by atoms with Crippen molar-refractivity contribution in [3.05, 3.63) is 45.2 Å². The van der Waals surface area contributed by atoms with Crippen LogP contribution < -0.4 is 4.74 Å². The molecule has 0 N–H and O–H groups in total. The highest BCUT2D eigenvalue weighted by molar-refractivity contribution is 6.42. The van der Waals surface area contributed by atoms with Gasteiger partial charge < -0.3 is 4.74 Å². The number of aryl methyl sites for hydroxylation is 1. The van der Waals surface area contributed by atoms with Crippen LogP contribution in [0.25, 0.3) is 0 Å². The third-order valence-electron chi connectivity index (χ3n) is 5.36. The number of piperidine rings is 1. The van der Waals surface area contributed by atoms with Gasteiger partial charge in [-0.1, -0.05) is 42.6 Å². The summed E-state index contributed by atoms with van der Waals surface area (Å²) < 4.78 is 7.36. The topological polar surface area (TPSA) is 47.4 Å². The van der Waals surface area contributed by atoms with E-state index in [0.29, 0.717) is 28.0 Å². The molecule has 0 radical (unpaired) electrons. The van der Waals surface area contributed by atoms with Crippen LogP contribution in [-0.4, -0.2) is 34.2 Å². The summed E-state index contributed by atoms with van der Waals surface area (Å²) >= 11 is 12.3. The van der Waals surface area contributed by atoms with Gasteiger partial charge in [0.1, 0.15) is 5.69 Å². The Morgan fingerprint density at radius 1 is 1.33 bits per heavy atom. The van der Waals surface area contributed by atoms with E-state index in [4.69, 9.17) is 33.0 Å². The second kappa shape index (κ2) is 8.63. The van der Waals surface area contributed by atoms with Crippen molar-refractivity contribution in [1.29, 1.82) is 0 Å². The first-order chi connectivity index (χ1) is 13.0. The fourth-order valence-electron chi connectivity index (χ4n) is 3.94. The molecule has 0 spiro atoms. The Balaban J connectivity index is 2.10. The van der Waals surface area contributed by atoms with E-state index < -0.39 is 0 Å². The van der Waals surface area contributed by atoms with E-state index in [-0.39, 0.29) is 12.1 Å². The number of benzene rings is 1. The Bertz CT molecular complexity index is 822. The molecule has 0 amide bonds. The van der Waals surface area contributed by atoms with E-state index in [1.54, 1.807) is 6.07 Å². The molecular weight excluding hydrogens is 385 g/mol. The summed E-state index contributed by atoms with van der Waals surface area (Å²) in [4.78, 5) is 13.6. The second-order valence-corrected chi connectivity index (χ2v) is 7.76. The average molecular weight is 410 g/mol. The first-order valence-corrected chi connectivity index (χ1v) is 10.1. The number of likely N-dealkylation sites (tertiary alicyclic amines) is 1. The van der Waals surface area contributed by atoms with Crippen molar-refractivity contribution >= 4 is 29.7 Å². The van der Waals surface area contributed by atoms with Gasteiger partial charge in [-0.05, 0) is 57.5 Å². The van der Waals surface area contributed by atoms with E-state index in [1.807, 2.05) is 23.7 Å². The highest BCUT2D eigenvalue weighted by Crippen LogP contribution is 2.40. The molecule has 1 aromatic heterocycles. The lowest BCUT2D eigenvalue weighted by atomic mass is 9.97. The van der Waals surface area contributed by atoms with Crippen molar-refractivity contribution in [3.63, 3.8) is 0 Å². The van der Waals surface area contributed by atoms with Crippen molar-refractivity contribution in [3.8, 4) is 5.75 Å². The summed E-state index contributed by atoms with van der Waals surface area (Å²) in [6.45, 7) is 8.57. The summed E-state index contributed by atoms with van der Waals surface area (Å²) in [5.41, 5.74) is 2.68. The molecule has 146 valence electrons. The van der Waals surface area contributed by atoms with Crippen molar-refractivity contribution in [2.24, 2.45) is 0 Å². The SMILES string of the molecule is CCN1CCCCC1c1c(OC=O)c(C)nn1C(C)c1ccc(Cl)c(Cl)c1. The smallest absolute Gasteiger partial charge is 0.298 e. The molecule has 0 aliphatic carbocycles. The zero-order valence-electron chi connectivity index (χ0n) is 15.9. The van der Waals surface area contributed by atoms with Crippen LogP contribution in [0.4, 0.5) is 0 Å². The predicted octanol–water partition coefficient (Wildman–Crippen LogP) is 5.19. The number of ether oxygens (including phenoxy) is 1. The molecule has 2 atom stereocenters. The molecule has 2 unspecified atom stereocenters. The summed E-state index contributed by atoms with van der Waals surface area (Å²) in [7, 11) is 0. The van der Waals surface area contributed by atoms with Crippen LogP contribution in [0.15, 0.2) is 18.2 Å². The lowest BCUT2D eigenvalue weighted by Gasteiger charge is -2.36. The maximum atomic E-state index is 11.1. The highest BCUT2D eigenvalue weighted by atomic mass is 35.5. The number of carbonyl (C=O) groups is 1. The molecule has 1 aliphatic heterocycles. The highest BCUT2D eigenvalue weighted by Gasteiger charge is 2.32. The van der Waals surface area contributed by atoms with E-state index >= 15 is 0 Å². The summed E-state index contributed by atoms with van der Waals surface area (Å²) in [6, 6.07) is 5.73. The molecule has 3 rings (SSSR count). The maximum absolute atomic E-state index is 11.1. The molecule has 1 saturated heterocycles. The Labute approximate surface area is 170 Å². The normalized spacial score (nSPS) is 19.1.